The van der Waals surface area contributed by atoms with Crippen molar-refractivity contribution in [1.82, 2.24) is 25.1 Å². The van der Waals surface area contributed by atoms with Crippen molar-refractivity contribution in [3.63, 3.8) is 0 Å². The number of tetrazole rings is 1. The van der Waals surface area contributed by atoms with E-state index >= 15 is 0 Å². The highest BCUT2D eigenvalue weighted by atomic mass is 32.2. The second kappa shape index (κ2) is 6.60. The first kappa shape index (κ1) is 16.0. The number of alkyl halides is 3. The number of aliphatic hydroxyl groups excluding tert-OH is 1. The van der Waals surface area contributed by atoms with E-state index in [1.807, 2.05) is 0 Å². The van der Waals surface area contributed by atoms with Crippen LogP contribution in [-0.4, -0.2) is 67.7 Å². The summed E-state index contributed by atoms with van der Waals surface area (Å²) in [5, 5.41) is 20.2. The van der Waals surface area contributed by atoms with Crippen LogP contribution in [0.1, 0.15) is 18.9 Å². The molecule has 1 saturated carbocycles. The maximum absolute atomic E-state index is 12.4. The van der Waals surface area contributed by atoms with Crippen molar-refractivity contribution < 1.29 is 23.1 Å². The van der Waals surface area contributed by atoms with E-state index in [9.17, 15) is 18.0 Å². The van der Waals surface area contributed by atoms with Crippen molar-refractivity contribution in [2.75, 3.05) is 25.4 Å². The third-order valence-corrected chi connectivity index (χ3v) is 3.69. The molecule has 0 unspecified atom stereocenters. The molecule has 7 nitrogen and oxygen atoms in total. The number of aromatic nitrogens is 4. The van der Waals surface area contributed by atoms with Gasteiger partial charge in [0, 0.05) is 6.54 Å². The van der Waals surface area contributed by atoms with Crippen molar-refractivity contribution in [2.45, 2.75) is 30.2 Å². The summed E-state index contributed by atoms with van der Waals surface area (Å²) < 4.78 is 38.7. The van der Waals surface area contributed by atoms with Crippen LogP contribution in [0.2, 0.25) is 0 Å². The summed E-state index contributed by atoms with van der Waals surface area (Å²) in [4.78, 5) is 12.4. The van der Waals surface area contributed by atoms with Crippen molar-refractivity contribution in [2.24, 2.45) is 0 Å². The molecule has 1 aliphatic rings. The van der Waals surface area contributed by atoms with E-state index in [0.29, 0.717) is 10.1 Å². The molecule has 1 aliphatic carbocycles. The van der Waals surface area contributed by atoms with E-state index in [4.69, 9.17) is 5.11 Å². The fourth-order valence-corrected chi connectivity index (χ4v) is 2.52. The molecule has 2 rings (SSSR count). The number of carbonyl (C=O) groups excluding carboxylic acids is 1. The Morgan fingerprint density at radius 3 is 2.76 bits per heavy atom. The molecular weight excluding hydrogens is 311 g/mol. The van der Waals surface area contributed by atoms with Crippen LogP contribution in [0.4, 0.5) is 13.2 Å². The highest BCUT2D eigenvalue weighted by Gasteiger charge is 2.33. The minimum atomic E-state index is -4.49. The average molecular weight is 325 g/mol. The molecule has 21 heavy (non-hydrogen) atoms. The maximum atomic E-state index is 12.4. The second-order valence-electron chi connectivity index (χ2n) is 4.58. The first-order valence-electron chi connectivity index (χ1n) is 6.27. The van der Waals surface area contributed by atoms with Gasteiger partial charge in [-0.15, -0.1) is 5.10 Å². The van der Waals surface area contributed by atoms with Crippen LogP contribution in [0.15, 0.2) is 5.16 Å². The first-order valence-corrected chi connectivity index (χ1v) is 7.25. The maximum Gasteiger partial charge on any atom is 0.406 e. The monoisotopic (exact) mass is 325 g/mol. The van der Waals surface area contributed by atoms with Crippen LogP contribution in [-0.2, 0) is 4.79 Å². The van der Waals surface area contributed by atoms with Crippen molar-refractivity contribution in [3.8, 4) is 0 Å². The Bertz CT molecular complexity index is 491. The van der Waals surface area contributed by atoms with E-state index < -0.39 is 25.2 Å². The topological polar surface area (TPSA) is 84.1 Å². The minimum Gasteiger partial charge on any atom is -0.395 e. The molecule has 1 amide bonds. The van der Waals surface area contributed by atoms with Crippen molar-refractivity contribution in [3.05, 3.63) is 0 Å². The fourth-order valence-electron chi connectivity index (χ4n) is 1.68. The van der Waals surface area contributed by atoms with Gasteiger partial charge in [-0.05, 0) is 23.3 Å². The van der Waals surface area contributed by atoms with Gasteiger partial charge in [0.1, 0.15) is 6.54 Å². The Morgan fingerprint density at radius 2 is 2.19 bits per heavy atom. The van der Waals surface area contributed by atoms with Crippen LogP contribution in [0, 0.1) is 0 Å². The molecule has 11 heteroatoms. The summed E-state index contributed by atoms with van der Waals surface area (Å²) in [7, 11) is 0. The third kappa shape index (κ3) is 4.84. The van der Waals surface area contributed by atoms with E-state index in [1.165, 1.54) is 0 Å². The first-order chi connectivity index (χ1) is 9.90. The summed E-state index contributed by atoms with van der Waals surface area (Å²) in [5.74, 6) is -0.917. The molecule has 0 saturated heterocycles. The Kier molecular flexibility index (Phi) is 5.04. The molecule has 1 aromatic heterocycles. The molecule has 0 bridgehead atoms. The molecule has 1 N–H and O–H groups in total. The van der Waals surface area contributed by atoms with Gasteiger partial charge in [0.25, 0.3) is 0 Å². The van der Waals surface area contributed by atoms with Gasteiger partial charge >= 0.3 is 6.18 Å². The SMILES string of the molecule is O=C(CSc1nnnn1C1CC1)N(CCO)CC(F)(F)F. The van der Waals surface area contributed by atoms with Gasteiger partial charge in [0.05, 0.1) is 18.4 Å². The van der Waals surface area contributed by atoms with Crippen molar-refractivity contribution in [1.29, 1.82) is 0 Å². The zero-order valence-corrected chi connectivity index (χ0v) is 11.8. The summed E-state index contributed by atoms with van der Waals surface area (Å²) in [5.41, 5.74) is 0. The fraction of sp³-hybridized carbons (Fsp3) is 0.800. The standard InChI is InChI=1S/C10H14F3N5O2S/c11-10(12,13)6-17(3-4-19)8(20)5-21-9-14-15-16-18(9)7-1-2-7/h7,19H,1-6H2. The van der Waals surface area contributed by atoms with E-state index in [2.05, 4.69) is 15.5 Å². The lowest BCUT2D eigenvalue weighted by Crippen LogP contribution is -2.41. The summed E-state index contributed by atoms with van der Waals surface area (Å²) in [6.45, 7) is -2.25. The second-order valence-corrected chi connectivity index (χ2v) is 5.52. The highest BCUT2D eigenvalue weighted by molar-refractivity contribution is 7.99. The van der Waals surface area contributed by atoms with Crippen LogP contribution in [0.25, 0.3) is 0 Å². The summed E-state index contributed by atoms with van der Waals surface area (Å²) in [6.07, 6.45) is -2.58. The molecule has 1 fully saturated rings. The molecule has 0 aliphatic heterocycles. The Balaban J connectivity index is 1.90. The average Bonchev–Trinajstić information content (AvgIpc) is 3.13. The molecular formula is C10H14F3N5O2S. The molecule has 1 heterocycles. The Labute approximate surface area is 122 Å². The predicted octanol–water partition coefficient (Wildman–Crippen LogP) is 0.483. The van der Waals surface area contributed by atoms with Gasteiger partial charge in [-0.2, -0.15) is 13.2 Å². The zero-order chi connectivity index (χ0) is 15.5. The molecule has 0 radical (unpaired) electrons. The minimum absolute atomic E-state index is 0.205. The number of aliphatic hydroxyl groups is 1. The summed E-state index contributed by atoms with van der Waals surface area (Å²) >= 11 is 0.997. The van der Waals surface area contributed by atoms with Gasteiger partial charge in [-0.1, -0.05) is 11.8 Å². The smallest absolute Gasteiger partial charge is 0.395 e. The van der Waals surface area contributed by atoms with E-state index in [1.54, 1.807) is 4.68 Å². The van der Waals surface area contributed by atoms with Crippen LogP contribution >= 0.6 is 11.8 Å². The summed E-state index contributed by atoms with van der Waals surface area (Å²) in [6, 6.07) is 0.223. The lowest BCUT2D eigenvalue weighted by molar-refractivity contribution is -0.160. The molecule has 118 valence electrons. The lowest BCUT2D eigenvalue weighted by atomic mass is 10.4. The molecule has 0 spiro atoms. The molecule has 0 aromatic carbocycles. The van der Waals surface area contributed by atoms with Gasteiger partial charge in [0.2, 0.25) is 11.1 Å². The predicted molar refractivity (Wildman–Crippen MR) is 66.5 cm³/mol. The van der Waals surface area contributed by atoms with Gasteiger partial charge in [0.15, 0.2) is 0 Å². The van der Waals surface area contributed by atoms with Gasteiger partial charge in [-0.3, -0.25) is 4.79 Å². The lowest BCUT2D eigenvalue weighted by Gasteiger charge is -2.22. The number of hydrogen-bond donors (Lipinski definition) is 1. The van der Waals surface area contributed by atoms with Crippen molar-refractivity contribution >= 4 is 17.7 Å². The third-order valence-electron chi connectivity index (χ3n) is 2.77. The Hall–Kier alpha value is -1.36. The van der Waals surface area contributed by atoms with Gasteiger partial charge < -0.3 is 10.0 Å². The highest BCUT2D eigenvalue weighted by Crippen LogP contribution is 2.36. The van der Waals surface area contributed by atoms with E-state index in [0.717, 1.165) is 24.6 Å². The number of halogens is 3. The molecule has 0 atom stereocenters. The van der Waals surface area contributed by atoms with Gasteiger partial charge in [-0.25, -0.2) is 4.68 Å². The number of carbonyl (C=O) groups is 1. The van der Waals surface area contributed by atoms with E-state index in [-0.39, 0.29) is 18.3 Å². The largest absolute Gasteiger partial charge is 0.406 e. The number of rotatable bonds is 7. The number of thioether (sulfide) groups is 1. The number of nitrogens with zero attached hydrogens (tertiary/aromatic N) is 5. The number of hydrogen-bond acceptors (Lipinski definition) is 6. The molecule has 1 aromatic rings. The zero-order valence-electron chi connectivity index (χ0n) is 11.0. The normalized spacial score (nSPS) is 15.2. The Morgan fingerprint density at radius 1 is 1.48 bits per heavy atom. The van der Waals surface area contributed by atoms with Crippen LogP contribution < -0.4 is 0 Å². The number of amides is 1. The van der Waals surface area contributed by atoms with Crippen LogP contribution in [0.3, 0.4) is 0 Å². The quantitative estimate of drug-likeness (QED) is 0.734. The van der Waals surface area contributed by atoms with Crippen LogP contribution in [0.5, 0.6) is 0 Å².